The Morgan fingerprint density at radius 1 is 1.03 bits per heavy atom. The van der Waals surface area contributed by atoms with Crippen LogP contribution in [0.1, 0.15) is 46.1 Å². The topological polar surface area (TPSA) is 113 Å². The third kappa shape index (κ3) is 6.00. The fraction of sp³-hybridized carbons (Fsp3) is 0.381. The molecule has 1 heterocycles. The summed E-state index contributed by atoms with van der Waals surface area (Å²) >= 11 is 0. The molecule has 0 atom stereocenters. The molecule has 9 nitrogen and oxygen atoms in total. The standard InChI is InChI=1S/C21H25NO8/c1-5-27-16-8-7-14(10-17(16)28-6-2)20(24)22-11-18(23)29-12-15-9-13(3)19(30-15)21(25)26-4/h7-10H,5-6,11-12H2,1-4H3,(H,22,24). The van der Waals surface area contributed by atoms with Gasteiger partial charge in [-0.25, -0.2) is 4.79 Å². The van der Waals surface area contributed by atoms with Crippen LogP contribution in [0.15, 0.2) is 28.7 Å². The van der Waals surface area contributed by atoms with Crippen molar-refractivity contribution in [3.63, 3.8) is 0 Å². The van der Waals surface area contributed by atoms with Crippen LogP contribution in [0.4, 0.5) is 0 Å². The molecule has 2 rings (SSSR count). The van der Waals surface area contributed by atoms with Gasteiger partial charge in [-0.2, -0.15) is 0 Å². The van der Waals surface area contributed by atoms with E-state index in [1.165, 1.54) is 7.11 Å². The smallest absolute Gasteiger partial charge is 0.374 e. The number of furan rings is 1. The van der Waals surface area contributed by atoms with Crippen LogP contribution in [0.25, 0.3) is 0 Å². The molecule has 1 aromatic heterocycles. The van der Waals surface area contributed by atoms with E-state index in [0.717, 1.165) is 0 Å². The molecule has 0 bridgehead atoms. The van der Waals surface area contributed by atoms with Crippen LogP contribution in [0.3, 0.4) is 0 Å². The molecule has 0 unspecified atom stereocenters. The summed E-state index contributed by atoms with van der Waals surface area (Å²) < 4.78 is 25.9. The van der Waals surface area contributed by atoms with E-state index in [0.29, 0.717) is 41.6 Å². The van der Waals surface area contributed by atoms with Crippen molar-refractivity contribution in [3.8, 4) is 11.5 Å². The molecule has 0 radical (unpaired) electrons. The number of carbonyl (C=O) groups excluding carboxylic acids is 3. The van der Waals surface area contributed by atoms with Crippen LogP contribution in [0, 0.1) is 6.92 Å². The van der Waals surface area contributed by atoms with Crippen molar-refractivity contribution >= 4 is 17.8 Å². The maximum Gasteiger partial charge on any atom is 0.374 e. The Kier molecular flexibility index (Phi) is 8.28. The summed E-state index contributed by atoms with van der Waals surface area (Å²) in [5, 5.41) is 2.49. The van der Waals surface area contributed by atoms with Crippen molar-refractivity contribution in [2.24, 2.45) is 0 Å². The molecule has 9 heteroatoms. The van der Waals surface area contributed by atoms with E-state index in [1.54, 1.807) is 31.2 Å². The predicted molar refractivity (Wildman–Crippen MR) is 106 cm³/mol. The largest absolute Gasteiger partial charge is 0.490 e. The molecule has 162 valence electrons. The summed E-state index contributed by atoms with van der Waals surface area (Å²) in [7, 11) is 1.24. The van der Waals surface area contributed by atoms with Crippen LogP contribution < -0.4 is 14.8 Å². The zero-order valence-electron chi connectivity index (χ0n) is 17.4. The molecule has 0 saturated heterocycles. The Balaban J connectivity index is 1.89. The van der Waals surface area contributed by atoms with E-state index < -0.39 is 17.8 Å². The lowest BCUT2D eigenvalue weighted by molar-refractivity contribution is -0.144. The van der Waals surface area contributed by atoms with E-state index in [-0.39, 0.29) is 18.9 Å². The summed E-state index contributed by atoms with van der Waals surface area (Å²) in [6, 6.07) is 6.34. The van der Waals surface area contributed by atoms with Gasteiger partial charge < -0.3 is 28.7 Å². The molecular weight excluding hydrogens is 394 g/mol. The molecule has 0 aliphatic rings. The summed E-state index contributed by atoms with van der Waals surface area (Å²) in [6.07, 6.45) is 0. The van der Waals surface area contributed by atoms with E-state index in [1.807, 2.05) is 13.8 Å². The molecular formula is C21H25NO8. The second-order valence-electron chi connectivity index (χ2n) is 6.09. The number of hydrogen-bond donors (Lipinski definition) is 1. The molecule has 0 aliphatic carbocycles. The zero-order chi connectivity index (χ0) is 22.1. The minimum absolute atomic E-state index is 0.0532. The number of nitrogens with one attached hydrogen (secondary N) is 1. The van der Waals surface area contributed by atoms with Crippen LogP contribution in [-0.4, -0.2) is 44.7 Å². The van der Waals surface area contributed by atoms with Gasteiger partial charge in [-0.3, -0.25) is 9.59 Å². The van der Waals surface area contributed by atoms with Crippen LogP contribution in [-0.2, 0) is 20.9 Å². The van der Waals surface area contributed by atoms with Gasteiger partial charge in [0.25, 0.3) is 5.91 Å². The van der Waals surface area contributed by atoms with Gasteiger partial charge in [0.15, 0.2) is 11.5 Å². The van der Waals surface area contributed by atoms with Gasteiger partial charge in [-0.05, 0) is 45.0 Å². The molecule has 0 saturated carbocycles. The van der Waals surface area contributed by atoms with Crippen molar-refractivity contribution in [2.75, 3.05) is 26.9 Å². The molecule has 0 fully saturated rings. The number of methoxy groups -OCH3 is 1. The second-order valence-corrected chi connectivity index (χ2v) is 6.09. The lowest BCUT2D eigenvalue weighted by atomic mass is 10.2. The third-order valence-electron chi connectivity index (χ3n) is 3.91. The molecule has 1 aromatic carbocycles. The highest BCUT2D eigenvalue weighted by atomic mass is 16.6. The highest BCUT2D eigenvalue weighted by Gasteiger charge is 2.17. The number of amides is 1. The Hall–Kier alpha value is -3.49. The molecule has 2 aromatic rings. The van der Waals surface area contributed by atoms with Gasteiger partial charge in [-0.1, -0.05) is 0 Å². The maximum atomic E-state index is 12.3. The van der Waals surface area contributed by atoms with Gasteiger partial charge in [0.05, 0.1) is 20.3 Å². The summed E-state index contributed by atoms with van der Waals surface area (Å²) in [5.74, 6) is -0.401. The number of esters is 2. The van der Waals surface area contributed by atoms with Crippen LogP contribution >= 0.6 is 0 Å². The zero-order valence-corrected chi connectivity index (χ0v) is 17.4. The first-order valence-corrected chi connectivity index (χ1v) is 9.40. The Morgan fingerprint density at radius 3 is 2.40 bits per heavy atom. The van der Waals surface area contributed by atoms with E-state index in [2.05, 4.69) is 10.1 Å². The number of ether oxygens (including phenoxy) is 4. The van der Waals surface area contributed by atoms with Crippen molar-refractivity contribution in [3.05, 3.63) is 46.9 Å². The molecule has 1 N–H and O–H groups in total. The normalized spacial score (nSPS) is 10.3. The van der Waals surface area contributed by atoms with Crippen molar-refractivity contribution in [1.82, 2.24) is 5.32 Å². The quantitative estimate of drug-likeness (QED) is 0.585. The van der Waals surface area contributed by atoms with Gasteiger partial charge in [-0.15, -0.1) is 0 Å². The number of rotatable bonds is 10. The van der Waals surface area contributed by atoms with E-state index in [4.69, 9.17) is 18.6 Å². The van der Waals surface area contributed by atoms with E-state index in [9.17, 15) is 14.4 Å². The minimum Gasteiger partial charge on any atom is -0.490 e. The minimum atomic E-state index is -0.659. The number of hydrogen-bond acceptors (Lipinski definition) is 8. The van der Waals surface area contributed by atoms with Gasteiger partial charge in [0, 0.05) is 11.1 Å². The highest BCUT2D eigenvalue weighted by molar-refractivity contribution is 5.96. The summed E-state index contributed by atoms with van der Waals surface area (Å²) in [5.41, 5.74) is 0.890. The fourth-order valence-corrected chi connectivity index (χ4v) is 2.56. The maximum absolute atomic E-state index is 12.3. The van der Waals surface area contributed by atoms with E-state index >= 15 is 0 Å². The average molecular weight is 419 g/mol. The van der Waals surface area contributed by atoms with Crippen molar-refractivity contribution < 1.29 is 37.7 Å². The summed E-state index contributed by atoms with van der Waals surface area (Å²) in [6.45, 7) is 5.73. The first-order chi connectivity index (χ1) is 14.4. The van der Waals surface area contributed by atoms with Crippen molar-refractivity contribution in [2.45, 2.75) is 27.4 Å². The van der Waals surface area contributed by atoms with Gasteiger partial charge >= 0.3 is 11.9 Å². The second kappa shape index (κ2) is 10.9. The first-order valence-electron chi connectivity index (χ1n) is 9.40. The average Bonchev–Trinajstić information content (AvgIpc) is 3.12. The Labute approximate surface area is 174 Å². The molecule has 30 heavy (non-hydrogen) atoms. The SMILES string of the molecule is CCOc1ccc(C(=O)NCC(=O)OCc2cc(C)c(C(=O)OC)o2)cc1OCC. The Bertz CT molecular complexity index is 902. The molecule has 1 amide bonds. The third-order valence-corrected chi connectivity index (χ3v) is 3.91. The summed E-state index contributed by atoms with van der Waals surface area (Å²) in [4.78, 5) is 35.8. The molecule has 0 aliphatic heterocycles. The number of benzene rings is 1. The van der Waals surface area contributed by atoms with Gasteiger partial charge in [0.1, 0.15) is 18.9 Å². The number of carbonyl (C=O) groups is 3. The van der Waals surface area contributed by atoms with Crippen LogP contribution in [0.2, 0.25) is 0 Å². The predicted octanol–water partition coefficient (Wildman–Crippen LogP) is 2.65. The first kappa shape index (κ1) is 22.8. The lowest BCUT2D eigenvalue weighted by Crippen LogP contribution is -2.30. The highest BCUT2D eigenvalue weighted by Crippen LogP contribution is 2.28. The van der Waals surface area contributed by atoms with Gasteiger partial charge in [0.2, 0.25) is 5.76 Å². The number of aryl methyl sites for hydroxylation is 1. The van der Waals surface area contributed by atoms with Crippen LogP contribution in [0.5, 0.6) is 11.5 Å². The monoisotopic (exact) mass is 419 g/mol. The Morgan fingerprint density at radius 2 is 1.73 bits per heavy atom. The molecule has 0 spiro atoms. The van der Waals surface area contributed by atoms with Crippen molar-refractivity contribution in [1.29, 1.82) is 0 Å². The lowest BCUT2D eigenvalue weighted by Gasteiger charge is -2.12. The fourth-order valence-electron chi connectivity index (χ4n) is 2.56.